The molecular formula is C79H51N3. The Kier molecular flexibility index (Phi) is 10.2. The Bertz CT molecular complexity index is 5040. The van der Waals surface area contributed by atoms with Crippen molar-refractivity contribution in [3.63, 3.8) is 0 Å². The Balaban J connectivity index is 0.831. The van der Waals surface area contributed by atoms with E-state index in [1.807, 2.05) is 0 Å². The largest absolute Gasteiger partial charge is 0.310 e. The average Bonchev–Trinajstić information content (AvgIpc) is 1.79. The Labute approximate surface area is 476 Å². The van der Waals surface area contributed by atoms with Crippen LogP contribution in [-0.2, 0) is 5.41 Å². The van der Waals surface area contributed by atoms with Crippen LogP contribution in [0.5, 0.6) is 0 Å². The summed E-state index contributed by atoms with van der Waals surface area (Å²) < 4.78 is 4.90. The van der Waals surface area contributed by atoms with E-state index in [2.05, 4.69) is 323 Å². The van der Waals surface area contributed by atoms with Gasteiger partial charge < -0.3 is 14.0 Å². The highest BCUT2D eigenvalue weighted by Gasteiger charge is 2.51. The first kappa shape index (κ1) is 46.2. The molecule has 0 saturated carbocycles. The van der Waals surface area contributed by atoms with E-state index in [0.29, 0.717) is 0 Å². The molecule has 15 aromatic rings. The Hall–Kier alpha value is -10.7. The fourth-order valence-electron chi connectivity index (χ4n) is 14.2. The minimum absolute atomic E-state index is 0.551. The molecule has 0 fully saturated rings. The van der Waals surface area contributed by atoms with Gasteiger partial charge in [0.15, 0.2) is 0 Å². The maximum atomic E-state index is 2.52. The quantitative estimate of drug-likeness (QED) is 0.148. The molecule has 3 nitrogen and oxygen atoms in total. The molecule has 17 rings (SSSR count). The number of fused-ring (bicyclic) bond motifs is 15. The highest BCUT2D eigenvalue weighted by atomic mass is 15.1. The van der Waals surface area contributed by atoms with Gasteiger partial charge in [0.1, 0.15) is 0 Å². The summed E-state index contributed by atoms with van der Waals surface area (Å²) in [4.78, 5) is 2.45. The zero-order chi connectivity index (χ0) is 53.9. The lowest BCUT2D eigenvalue weighted by molar-refractivity contribution is 0.749. The first-order valence-electron chi connectivity index (χ1n) is 28.4. The van der Waals surface area contributed by atoms with Crippen molar-refractivity contribution in [2.24, 2.45) is 0 Å². The molecule has 13 aromatic carbocycles. The van der Waals surface area contributed by atoms with Crippen LogP contribution in [0.25, 0.3) is 111 Å². The van der Waals surface area contributed by atoms with Crippen LogP contribution in [0.2, 0.25) is 0 Å². The summed E-state index contributed by atoms with van der Waals surface area (Å²) in [5.41, 5.74) is 27.2. The third kappa shape index (κ3) is 6.77. The Morgan fingerprint density at radius 2 is 0.780 bits per heavy atom. The van der Waals surface area contributed by atoms with Gasteiger partial charge in [0.25, 0.3) is 0 Å². The van der Waals surface area contributed by atoms with Crippen molar-refractivity contribution in [1.29, 1.82) is 0 Å². The maximum Gasteiger partial charge on any atom is 0.0754 e. The molecule has 1 atom stereocenters. The number of para-hydroxylation sites is 6. The van der Waals surface area contributed by atoms with Crippen LogP contribution in [0.1, 0.15) is 22.3 Å². The van der Waals surface area contributed by atoms with Gasteiger partial charge in [-0.2, -0.15) is 0 Å². The predicted molar refractivity (Wildman–Crippen MR) is 342 cm³/mol. The summed E-state index contributed by atoms with van der Waals surface area (Å²) in [5, 5.41) is 5.04. The number of hydrogen-bond acceptors (Lipinski definition) is 1. The summed E-state index contributed by atoms with van der Waals surface area (Å²) in [7, 11) is 0. The number of anilines is 3. The summed E-state index contributed by atoms with van der Waals surface area (Å²) >= 11 is 0. The van der Waals surface area contributed by atoms with Crippen molar-refractivity contribution >= 4 is 60.7 Å². The summed E-state index contributed by atoms with van der Waals surface area (Å²) in [6.07, 6.45) is 0. The number of nitrogens with zero attached hydrogens (tertiary/aromatic N) is 3. The molecule has 2 aromatic heterocycles. The SMILES string of the molecule is c1ccc(-c2cccc(-c3ccccc3N(c3ccc(-c4ccc5c(c4)c4ccccc4n5-c4ccccc4)cc3)c3cccc(-c4ccc5c(c4)C4(c6ccccc6-5)c5ccccc5-n5c6ccccc6c6cccc4c65)c3)c2)cc1. The zero-order valence-corrected chi connectivity index (χ0v) is 44.8. The topological polar surface area (TPSA) is 13.1 Å². The van der Waals surface area contributed by atoms with Crippen LogP contribution in [0, 0.1) is 0 Å². The Morgan fingerprint density at radius 3 is 1.61 bits per heavy atom. The van der Waals surface area contributed by atoms with Crippen molar-refractivity contribution in [2.75, 3.05) is 4.90 Å². The molecule has 2 aliphatic rings. The number of hydrogen-bond donors (Lipinski definition) is 0. The standard InChI is InChI=1S/C79H51N3/c1-3-20-52(21-4-1)54-22-17-24-58(48-54)62-28-8-13-36-73(62)80(60-44-40-53(41-45-60)56-43-47-76-68(50-56)66-31-10-14-37-74(66)81(76)59-25-5-2-6-26-59)61-27-18-23-55(49-61)57-42-46-64-63-29-7-11-33-69(63)79(72(64)51-57)70-34-12-16-39-77(70)82-75-38-15-9-30-65(75)67-32-19-35-71(79)78(67)82/h1-51H. The molecule has 0 amide bonds. The fraction of sp³-hybridized carbons (Fsp3) is 0.0127. The molecule has 0 N–H and O–H groups in total. The van der Waals surface area contributed by atoms with Gasteiger partial charge in [0, 0.05) is 44.2 Å². The molecule has 3 heteroatoms. The molecule has 82 heavy (non-hydrogen) atoms. The first-order chi connectivity index (χ1) is 40.7. The van der Waals surface area contributed by atoms with Gasteiger partial charge in [0.05, 0.1) is 38.9 Å². The summed E-state index contributed by atoms with van der Waals surface area (Å²) in [6.45, 7) is 0. The van der Waals surface area contributed by atoms with Crippen molar-refractivity contribution in [3.05, 3.63) is 332 Å². The molecule has 3 heterocycles. The van der Waals surface area contributed by atoms with E-state index in [1.54, 1.807) is 0 Å². The molecule has 1 aliphatic carbocycles. The Morgan fingerprint density at radius 1 is 0.256 bits per heavy atom. The van der Waals surface area contributed by atoms with Gasteiger partial charge in [-0.1, -0.05) is 224 Å². The van der Waals surface area contributed by atoms with Crippen LogP contribution in [0.15, 0.2) is 309 Å². The van der Waals surface area contributed by atoms with E-state index in [1.165, 1.54) is 105 Å². The summed E-state index contributed by atoms with van der Waals surface area (Å²) in [5.74, 6) is 0. The molecule has 0 bridgehead atoms. The minimum atomic E-state index is -0.551. The second kappa shape index (κ2) is 18.2. The molecule has 0 saturated heterocycles. The number of aromatic nitrogens is 2. The first-order valence-corrected chi connectivity index (χ1v) is 28.4. The van der Waals surface area contributed by atoms with E-state index >= 15 is 0 Å². The van der Waals surface area contributed by atoms with Gasteiger partial charge in [-0.05, 0) is 157 Å². The van der Waals surface area contributed by atoms with Crippen LogP contribution in [0.4, 0.5) is 17.1 Å². The van der Waals surface area contributed by atoms with E-state index in [-0.39, 0.29) is 0 Å². The van der Waals surface area contributed by atoms with E-state index < -0.39 is 5.41 Å². The molecule has 1 aliphatic heterocycles. The fourth-order valence-corrected chi connectivity index (χ4v) is 14.2. The van der Waals surface area contributed by atoms with Crippen molar-refractivity contribution in [1.82, 2.24) is 9.13 Å². The maximum absolute atomic E-state index is 2.52. The van der Waals surface area contributed by atoms with Gasteiger partial charge >= 0.3 is 0 Å². The number of rotatable bonds is 8. The second-order valence-corrected chi connectivity index (χ2v) is 21.9. The zero-order valence-electron chi connectivity index (χ0n) is 44.8. The van der Waals surface area contributed by atoms with Gasteiger partial charge in [-0.15, -0.1) is 0 Å². The van der Waals surface area contributed by atoms with Gasteiger partial charge in [0.2, 0.25) is 0 Å². The molecule has 382 valence electrons. The van der Waals surface area contributed by atoms with E-state index in [4.69, 9.17) is 0 Å². The molecular weight excluding hydrogens is 991 g/mol. The average molecular weight is 1040 g/mol. The van der Waals surface area contributed by atoms with Crippen LogP contribution in [-0.4, -0.2) is 9.13 Å². The van der Waals surface area contributed by atoms with Crippen LogP contribution < -0.4 is 4.90 Å². The van der Waals surface area contributed by atoms with Crippen molar-refractivity contribution in [2.45, 2.75) is 5.41 Å². The van der Waals surface area contributed by atoms with Gasteiger partial charge in [-0.3, -0.25) is 0 Å². The third-order valence-electron chi connectivity index (χ3n) is 17.7. The lowest BCUT2D eigenvalue weighted by atomic mass is 9.65. The molecule has 1 unspecified atom stereocenters. The number of benzene rings is 13. The second-order valence-electron chi connectivity index (χ2n) is 21.9. The normalized spacial score (nSPS) is 13.9. The molecule has 1 spiro atoms. The molecule has 0 radical (unpaired) electrons. The van der Waals surface area contributed by atoms with Crippen LogP contribution in [0.3, 0.4) is 0 Å². The van der Waals surface area contributed by atoms with Crippen LogP contribution >= 0.6 is 0 Å². The van der Waals surface area contributed by atoms with E-state index in [9.17, 15) is 0 Å². The van der Waals surface area contributed by atoms with Crippen molar-refractivity contribution in [3.8, 4) is 67.0 Å². The predicted octanol–water partition coefficient (Wildman–Crippen LogP) is 20.7. The smallest absolute Gasteiger partial charge is 0.0754 e. The lowest BCUT2D eigenvalue weighted by Gasteiger charge is -2.39. The minimum Gasteiger partial charge on any atom is -0.310 e. The van der Waals surface area contributed by atoms with Gasteiger partial charge in [-0.25, -0.2) is 0 Å². The van der Waals surface area contributed by atoms with Crippen molar-refractivity contribution < 1.29 is 0 Å². The highest BCUT2D eigenvalue weighted by molar-refractivity contribution is 6.13. The third-order valence-corrected chi connectivity index (χ3v) is 17.7. The summed E-state index contributed by atoms with van der Waals surface area (Å²) in [6, 6.07) is 115. The monoisotopic (exact) mass is 1040 g/mol. The highest BCUT2D eigenvalue weighted by Crippen LogP contribution is 2.61. The lowest BCUT2D eigenvalue weighted by Crippen LogP contribution is -2.33. The van der Waals surface area contributed by atoms with E-state index in [0.717, 1.165) is 45.0 Å².